The molecule has 3 rings (SSSR count). The van der Waals surface area contributed by atoms with Crippen LogP contribution in [0.15, 0.2) is 42.7 Å². The lowest BCUT2D eigenvalue weighted by molar-refractivity contribution is 0.295. The lowest BCUT2D eigenvalue weighted by atomic mass is 10.2. The van der Waals surface area contributed by atoms with E-state index in [-0.39, 0.29) is 0 Å². The number of nitrogens with one attached hydrogen (secondary N) is 1. The van der Waals surface area contributed by atoms with E-state index >= 15 is 0 Å². The molecule has 0 saturated carbocycles. The van der Waals surface area contributed by atoms with Gasteiger partial charge >= 0.3 is 0 Å². The van der Waals surface area contributed by atoms with Crippen molar-refractivity contribution < 1.29 is 14.2 Å². The van der Waals surface area contributed by atoms with Gasteiger partial charge in [-0.05, 0) is 24.3 Å². The van der Waals surface area contributed by atoms with Crippen LogP contribution < -0.4 is 14.2 Å². The van der Waals surface area contributed by atoms with Crippen molar-refractivity contribution in [3.8, 4) is 17.2 Å². The van der Waals surface area contributed by atoms with Gasteiger partial charge in [0.25, 0.3) is 0 Å². The highest BCUT2D eigenvalue weighted by Gasteiger charge is 2.07. The predicted molar refractivity (Wildman–Crippen MR) is 80.0 cm³/mol. The number of benzene rings is 1. The number of fused-ring (bicyclic) bond motifs is 1. The Kier molecular flexibility index (Phi) is 3.64. The number of hydrogen-bond acceptors (Lipinski definition) is 4. The number of H-pyrrole nitrogens is 1. The Morgan fingerprint density at radius 2 is 1.95 bits per heavy atom. The minimum absolute atomic E-state index is 0.408. The van der Waals surface area contributed by atoms with Gasteiger partial charge in [-0.3, -0.25) is 0 Å². The Morgan fingerprint density at radius 1 is 1.05 bits per heavy atom. The maximum Gasteiger partial charge on any atom is 0.138 e. The molecule has 3 aromatic rings. The molecule has 1 aromatic carbocycles. The molecule has 0 aliphatic carbocycles. The number of rotatable bonds is 5. The van der Waals surface area contributed by atoms with Crippen molar-refractivity contribution in [1.29, 1.82) is 0 Å². The monoisotopic (exact) mass is 284 g/mol. The number of aromatic nitrogens is 2. The van der Waals surface area contributed by atoms with Crippen LogP contribution in [-0.4, -0.2) is 24.2 Å². The Labute approximate surface area is 122 Å². The summed E-state index contributed by atoms with van der Waals surface area (Å²) in [5, 5.41) is 1.02. The Balaban J connectivity index is 1.77. The first-order valence-electron chi connectivity index (χ1n) is 6.57. The summed E-state index contributed by atoms with van der Waals surface area (Å²) in [5.74, 6) is 2.22. The predicted octanol–water partition coefficient (Wildman–Crippen LogP) is 3.16. The molecule has 2 aromatic heterocycles. The van der Waals surface area contributed by atoms with Crippen molar-refractivity contribution in [1.82, 2.24) is 9.97 Å². The first-order valence-corrected chi connectivity index (χ1v) is 6.57. The molecule has 0 amide bonds. The fourth-order valence-electron chi connectivity index (χ4n) is 2.13. The average molecular weight is 284 g/mol. The molecule has 0 bridgehead atoms. The van der Waals surface area contributed by atoms with E-state index in [1.165, 1.54) is 0 Å². The van der Waals surface area contributed by atoms with Gasteiger partial charge in [-0.15, -0.1) is 0 Å². The Hall–Kier alpha value is -2.69. The molecular weight excluding hydrogens is 268 g/mol. The highest BCUT2D eigenvalue weighted by atomic mass is 16.5. The summed E-state index contributed by atoms with van der Waals surface area (Å²) in [6.07, 6.45) is 3.56. The molecule has 0 aliphatic rings. The lowest BCUT2D eigenvalue weighted by Crippen LogP contribution is -1.99. The topological polar surface area (TPSA) is 56.4 Å². The van der Waals surface area contributed by atoms with Crippen LogP contribution in [0.3, 0.4) is 0 Å². The van der Waals surface area contributed by atoms with E-state index in [1.54, 1.807) is 20.4 Å². The molecule has 0 aliphatic heterocycles. The summed E-state index contributed by atoms with van der Waals surface area (Å²) in [7, 11) is 3.26. The van der Waals surface area contributed by atoms with Gasteiger partial charge in [-0.2, -0.15) is 0 Å². The molecule has 0 saturated heterocycles. The second-order valence-corrected chi connectivity index (χ2v) is 4.55. The minimum atomic E-state index is 0.408. The van der Waals surface area contributed by atoms with E-state index in [4.69, 9.17) is 14.2 Å². The molecule has 108 valence electrons. The molecule has 0 unspecified atom stereocenters. The summed E-state index contributed by atoms with van der Waals surface area (Å²) in [5.41, 5.74) is 1.80. The van der Waals surface area contributed by atoms with Crippen LogP contribution in [0.2, 0.25) is 0 Å². The number of nitrogens with zero attached hydrogens (tertiary/aromatic N) is 1. The molecule has 2 heterocycles. The van der Waals surface area contributed by atoms with Gasteiger partial charge in [0.15, 0.2) is 0 Å². The number of aromatic amines is 1. The largest absolute Gasteiger partial charge is 0.497 e. The van der Waals surface area contributed by atoms with Crippen molar-refractivity contribution in [2.24, 2.45) is 0 Å². The van der Waals surface area contributed by atoms with Gasteiger partial charge in [0.2, 0.25) is 0 Å². The highest BCUT2D eigenvalue weighted by molar-refractivity contribution is 5.76. The average Bonchev–Trinajstić information content (AvgIpc) is 3.00. The zero-order valence-electron chi connectivity index (χ0n) is 11.9. The number of ether oxygens (including phenoxy) is 3. The number of hydrogen-bond donors (Lipinski definition) is 1. The van der Waals surface area contributed by atoms with Crippen LogP contribution >= 0.6 is 0 Å². The maximum atomic E-state index is 5.79. The van der Waals surface area contributed by atoms with E-state index in [2.05, 4.69) is 9.97 Å². The zero-order chi connectivity index (χ0) is 14.7. The molecule has 1 N–H and O–H groups in total. The fourth-order valence-corrected chi connectivity index (χ4v) is 2.13. The van der Waals surface area contributed by atoms with Crippen LogP contribution in [-0.2, 0) is 6.61 Å². The van der Waals surface area contributed by atoms with Crippen molar-refractivity contribution in [3.63, 3.8) is 0 Å². The first-order chi connectivity index (χ1) is 10.3. The molecule has 0 spiro atoms. The third kappa shape index (κ3) is 2.76. The summed E-state index contributed by atoms with van der Waals surface area (Å²) in [6, 6.07) is 9.57. The lowest BCUT2D eigenvalue weighted by Gasteiger charge is -2.11. The van der Waals surface area contributed by atoms with Gasteiger partial charge in [0.05, 0.1) is 20.4 Å². The first kappa shape index (κ1) is 13.3. The molecule has 0 fully saturated rings. The molecule has 5 heteroatoms. The molecule has 0 radical (unpaired) electrons. The van der Waals surface area contributed by atoms with Crippen LogP contribution in [0, 0.1) is 0 Å². The third-order valence-corrected chi connectivity index (χ3v) is 3.26. The second-order valence-electron chi connectivity index (χ2n) is 4.55. The van der Waals surface area contributed by atoms with Crippen LogP contribution in [0.4, 0.5) is 0 Å². The maximum absolute atomic E-state index is 5.79. The third-order valence-electron chi connectivity index (χ3n) is 3.26. The Bertz CT molecular complexity index is 752. The summed E-state index contributed by atoms with van der Waals surface area (Å²) in [6.45, 7) is 0.408. The summed E-state index contributed by atoms with van der Waals surface area (Å²) >= 11 is 0. The van der Waals surface area contributed by atoms with E-state index in [9.17, 15) is 0 Å². The fraction of sp³-hybridized carbons (Fsp3) is 0.188. The van der Waals surface area contributed by atoms with Crippen molar-refractivity contribution in [3.05, 3.63) is 48.3 Å². The van der Waals surface area contributed by atoms with Crippen molar-refractivity contribution >= 4 is 11.0 Å². The van der Waals surface area contributed by atoms with Gasteiger partial charge in [-0.25, -0.2) is 4.98 Å². The Morgan fingerprint density at radius 3 is 2.76 bits per heavy atom. The van der Waals surface area contributed by atoms with Gasteiger partial charge in [0, 0.05) is 23.2 Å². The standard InChI is InChI=1S/C16H16N2O3/c1-19-13-4-3-12(15(8-13)20-2)10-21-14-7-11-5-6-17-16(11)18-9-14/h3-9H,10H2,1-2H3,(H,17,18). The smallest absolute Gasteiger partial charge is 0.138 e. The number of pyridine rings is 1. The van der Waals surface area contributed by atoms with Crippen LogP contribution in [0.1, 0.15) is 5.56 Å². The normalized spacial score (nSPS) is 10.6. The van der Waals surface area contributed by atoms with E-state index in [0.29, 0.717) is 6.61 Å². The number of methoxy groups -OCH3 is 2. The molecule has 0 atom stereocenters. The van der Waals surface area contributed by atoms with Gasteiger partial charge < -0.3 is 19.2 Å². The zero-order valence-corrected chi connectivity index (χ0v) is 11.9. The highest BCUT2D eigenvalue weighted by Crippen LogP contribution is 2.26. The van der Waals surface area contributed by atoms with Crippen LogP contribution in [0.5, 0.6) is 17.2 Å². The summed E-state index contributed by atoms with van der Waals surface area (Å²) in [4.78, 5) is 7.34. The SMILES string of the molecule is COc1ccc(COc2cnc3[nH]ccc3c2)c(OC)c1. The minimum Gasteiger partial charge on any atom is -0.497 e. The van der Waals surface area contributed by atoms with E-state index in [1.807, 2.05) is 36.5 Å². The van der Waals surface area contributed by atoms with E-state index in [0.717, 1.165) is 33.8 Å². The molecule has 5 nitrogen and oxygen atoms in total. The summed E-state index contributed by atoms with van der Waals surface area (Å²) < 4.78 is 16.3. The second kappa shape index (κ2) is 5.75. The van der Waals surface area contributed by atoms with Crippen molar-refractivity contribution in [2.75, 3.05) is 14.2 Å². The van der Waals surface area contributed by atoms with Gasteiger partial charge in [0.1, 0.15) is 29.5 Å². The quantitative estimate of drug-likeness (QED) is 0.782. The van der Waals surface area contributed by atoms with E-state index < -0.39 is 0 Å². The van der Waals surface area contributed by atoms with Crippen molar-refractivity contribution in [2.45, 2.75) is 6.61 Å². The molecular formula is C16H16N2O3. The van der Waals surface area contributed by atoms with Gasteiger partial charge in [-0.1, -0.05) is 0 Å². The van der Waals surface area contributed by atoms with Crippen LogP contribution in [0.25, 0.3) is 11.0 Å². The molecule has 21 heavy (non-hydrogen) atoms.